The maximum Gasteiger partial charge on any atom is 0.0328 e. The van der Waals surface area contributed by atoms with Gasteiger partial charge in [0.15, 0.2) is 0 Å². The van der Waals surface area contributed by atoms with Gasteiger partial charge in [0.1, 0.15) is 0 Å². The molecule has 1 N–H and O–H groups in total. The second-order valence-electron chi connectivity index (χ2n) is 5.72. The van der Waals surface area contributed by atoms with Crippen molar-refractivity contribution >= 4 is 11.3 Å². The normalized spacial score (nSPS) is 14.8. The summed E-state index contributed by atoms with van der Waals surface area (Å²) in [6.07, 6.45) is 2.55. The minimum absolute atomic E-state index is 0.387. The van der Waals surface area contributed by atoms with E-state index in [0.717, 1.165) is 26.2 Å². The fraction of sp³-hybridized carbons (Fsp3) is 0.750. The lowest BCUT2D eigenvalue weighted by Gasteiger charge is -2.35. The third kappa shape index (κ3) is 6.07. The third-order valence-corrected chi connectivity index (χ3v) is 4.53. The van der Waals surface area contributed by atoms with Gasteiger partial charge in [0.2, 0.25) is 0 Å². The number of nitrogens with zero attached hydrogens (tertiary/aromatic N) is 1. The summed E-state index contributed by atoms with van der Waals surface area (Å²) in [5.74, 6) is 0. The van der Waals surface area contributed by atoms with Crippen LogP contribution in [0, 0.1) is 5.41 Å². The molecule has 0 aromatic carbocycles. The molecule has 1 atom stereocenters. The Kier molecular flexibility index (Phi) is 7.66. The topological polar surface area (TPSA) is 15.3 Å². The first-order valence-corrected chi connectivity index (χ1v) is 8.47. The molecule has 1 aromatic heterocycles. The summed E-state index contributed by atoms with van der Waals surface area (Å²) in [4.78, 5) is 4.06. The molecule has 1 rings (SSSR count). The average molecular weight is 282 g/mol. The van der Waals surface area contributed by atoms with Gasteiger partial charge in [0.25, 0.3) is 0 Å². The van der Waals surface area contributed by atoms with E-state index in [1.807, 2.05) is 11.3 Å². The van der Waals surface area contributed by atoms with E-state index < -0.39 is 0 Å². The van der Waals surface area contributed by atoms with Crippen LogP contribution in [0.2, 0.25) is 0 Å². The SMILES string of the molecule is CCCC(C)(CNCC)CN(CC)Cc1cccs1. The van der Waals surface area contributed by atoms with E-state index in [9.17, 15) is 0 Å². The number of hydrogen-bond acceptors (Lipinski definition) is 3. The van der Waals surface area contributed by atoms with Gasteiger partial charge in [-0.1, -0.05) is 40.2 Å². The molecule has 0 saturated carbocycles. The van der Waals surface area contributed by atoms with Crippen LogP contribution in [0.15, 0.2) is 17.5 Å². The van der Waals surface area contributed by atoms with Crippen molar-refractivity contribution in [1.29, 1.82) is 0 Å². The van der Waals surface area contributed by atoms with Gasteiger partial charge in [-0.15, -0.1) is 11.3 Å². The Labute approximate surface area is 123 Å². The molecule has 1 unspecified atom stereocenters. The Bertz CT molecular complexity index is 323. The molecule has 110 valence electrons. The van der Waals surface area contributed by atoms with E-state index in [1.54, 1.807) is 0 Å². The van der Waals surface area contributed by atoms with Gasteiger partial charge in [-0.3, -0.25) is 4.90 Å². The molecule has 1 heterocycles. The molecule has 0 aliphatic heterocycles. The first-order valence-electron chi connectivity index (χ1n) is 7.59. The Morgan fingerprint density at radius 3 is 2.63 bits per heavy atom. The molecule has 0 saturated heterocycles. The summed E-state index contributed by atoms with van der Waals surface area (Å²) in [6, 6.07) is 4.40. The fourth-order valence-electron chi connectivity index (χ4n) is 2.70. The number of rotatable bonds is 10. The number of nitrogens with one attached hydrogen (secondary N) is 1. The van der Waals surface area contributed by atoms with Crippen LogP contribution in [-0.2, 0) is 6.54 Å². The van der Waals surface area contributed by atoms with Crippen LogP contribution in [0.1, 0.15) is 45.4 Å². The summed E-state index contributed by atoms with van der Waals surface area (Å²) < 4.78 is 0. The summed E-state index contributed by atoms with van der Waals surface area (Å²) in [5.41, 5.74) is 0.387. The molecule has 0 bridgehead atoms. The monoisotopic (exact) mass is 282 g/mol. The van der Waals surface area contributed by atoms with Crippen molar-refractivity contribution in [3.05, 3.63) is 22.4 Å². The Hall–Kier alpha value is -0.380. The lowest BCUT2D eigenvalue weighted by Crippen LogP contribution is -2.42. The molecule has 0 radical (unpaired) electrons. The van der Waals surface area contributed by atoms with E-state index in [1.165, 1.54) is 24.3 Å². The zero-order chi connectivity index (χ0) is 14.1. The van der Waals surface area contributed by atoms with E-state index in [-0.39, 0.29) is 0 Å². The zero-order valence-electron chi connectivity index (χ0n) is 13.0. The summed E-state index contributed by atoms with van der Waals surface area (Å²) in [7, 11) is 0. The van der Waals surface area contributed by atoms with Crippen LogP contribution in [0.3, 0.4) is 0 Å². The third-order valence-electron chi connectivity index (χ3n) is 3.67. The lowest BCUT2D eigenvalue weighted by atomic mass is 9.84. The van der Waals surface area contributed by atoms with Crippen LogP contribution in [0.25, 0.3) is 0 Å². The molecule has 0 aliphatic carbocycles. The second-order valence-corrected chi connectivity index (χ2v) is 6.76. The summed E-state index contributed by atoms with van der Waals surface area (Å²) in [5, 5.41) is 5.71. The first kappa shape index (κ1) is 16.7. The predicted octanol–water partition coefficient (Wildman–Crippen LogP) is 3.99. The van der Waals surface area contributed by atoms with E-state index in [4.69, 9.17) is 0 Å². The van der Waals surface area contributed by atoms with E-state index in [0.29, 0.717) is 5.41 Å². The molecule has 2 nitrogen and oxygen atoms in total. The number of hydrogen-bond donors (Lipinski definition) is 1. The van der Waals surface area contributed by atoms with Crippen molar-refractivity contribution in [1.82, 2.24) is 10.2 Å². The average Bonchev–Trinajstić information content (AvgIpc) is 2.89. The highest BCUT2D eigenvalue weighted by atomic mass is 32.1. The zero-order valence-corrected chi connectivity index (χ0v) is 13.9. The van der Waals surface area contributed by atoms with Crippen molar-refractivity contribution in [3.8, 4) is 0 Å². The Balaban J connectivity index is 2.58. The smallest absolute Gasteiger partial charge is 0.0328 e. The fourth-order valence-corrected chi connectivity index (χ4v) is 3.44. The maximum atomic E-state index is 3.54. The van der Waals surface area contributed by atoms with Gasteiger partial charge in [-0.25, -0.2) is 0 Å². The highest BCUT2D eigenvalue weighted by Gasteiger charge is 2.25. The predicted molar refractivity (Wildman–Crippen MR) is 86.8 cm³/mol. The standard InChI is InChI=1S/C16H30N2S/c1-5-10-16(4,13-17-6-2)14-18(7-3)12-15-9-8-11-19-15/h8-9,11,17H,5-7,10,12-14H2,1-4H3. The molecule has 0 spiro atoms. The molecular weight excluding hydrogens is 252 g/mol. The van der Waals surface area contributed by atoms with Crippen LogP contribution in [0.4, 0.5) is 0 Å². The van der Waals surface area contributed by atoms with Gasteiger partial charge < -0.3 is 5.32 Å². The highest BCUT2D eigenvalue weighted by molar-refractivity contribution is 7.09. The molecule has 0 amide bonds. The second kappa shape index (κ2) is 8.72. The van der Waals surface area contributed by atoms with Gasteiger partial charge in [-0.2, -0.15) is 0 Å². The Morgan fingerprint density at radius 2 is 2.11 bits per heavy atom. The summed E-state index contributed by atoms with van der Waals surface area (Å²) in [6.45, 7) is 14.8. The van der Waals surface area contributed by atoms with Gasteiger partial charge in [-0.05, 0) is 36.4 Å². The summed E-state index contributed by atoms with van der Waals surface area (Å²) >= 11 is 1.87. The Morgan fingerprint density at radius 1 is 1.32 bits per heavy atom. The van der Waals surface area contributed by atoms with Crippen molar-refractivity contribution < 1.29 is 0 Å². The number of thiophene rings is 1. The van der Waals surface area contributed by atoms with Crippen LogP contribution >= 0.6 is 11.3 Å². The van der Waals surface area contributed by atoms with E-state index in [2.05, 4.69) is 55.4 Å². The molecule has 0 fully saturated rings. The largest absolute Gasteiger partial charge is 0.316 e. The van der Waals surface area contributed by atoms with Crippen molar-refractivity contribution in [2.24, 2.45) is 5.41 Å². The van der Waals surface area contributed by atoms with Crippen molar-refractivity contribution in [3.63, 3.8) is 0 Å². The molecular formula is C16H30N2S. The van der Waals surface area contributed by atoms with Crippen LogP contribution < -0.4 is 5.32 Å². The van der Waals surface area contributed by atoms with Gasteiger partial charge >= 0.3 is 0 Å². The van der Waals surface area contributed by atoms with Gasteiger partial charge in [0.05, 0.1) is 0 Å². The molecule has 3 heteroatoms. The van der Waals surface area contributed by atoms with Crippen molar-refractivity contribution in [2.75, 3.05) is 26.2 Å². The first-order chi connectivity index (χ1) is 9.13. The minimum Gasteiger partial charge on any atom is -0.316 e. The lowest BCUT2D eigenvalue weighted by molar-refractivity contribution is 0.150. The van der Waals surface area contributed by atoms with Gasteiger partial charge in [0, 0.05) is 24.5 Å². The molecule has 0 aliphatic rings. The molecule has 1 aromatic rings. The quantitative estimate of drug-likeness (QED) is 0.698. The maximum absolute atomic E-state index is 3.54. The highest BCUT2D eigenvalue weighted by Crippen LogP contribution is 2.25. The van der Waals surface area contributed by atoms with Crippen LogP contribution in [-0.4, -0.2) is 31.1 Å². The van der Waals surface area contributed by atoms with Crippen LogP contribution in [0.5, 0.6) is 0 Å². The van der Waals surface area contributed by atoms with E-state index >= 15 is 0 Å². The van der Waals surface area contributed by atoms with Crippen molar-refractivity contribution in [2.45, 2.75) is 47.1 Å². The molecule has 19 heavy (non-hydrogen) atoms. The minimum atomic E-state index is 0.387.